The van der Waals surface area contributed by atoms with Crippen molar-refractivity contribution in [2.24, 2.45) is 16.7 Å². The van der Waals surface area contributed by atoms with Crippen LogP contribution in [0.5, 0.6) is 0 Å². The Morgan fingerprint density at radius 3 is 2.07 bits per heavy atom. The summed E-state index contributed by atoms with van der Waals surface area (Å²) in [5.74, 6) is 0.106. The lowest BCUT2D eigenvalue weighted by Gasteiger charge is -2.35. The van der Waals surface area contributed by atoms with Crippen molar-refractivity contribution < 1.29 is 0 Å². The summed E-state index contributed by atoms with van der Waals surface area (Å²) in [6, 6.07) is 2.46. The van der Waals surface area contributed by atoms with Crippen molar-refractivity contribution in [1.29, 1.82) is 5.26 Å². The lowest BCUT2D eigenvalue weighted by Crippen LogP contribution is -2.28. The van der Waals surface area contributed by atoms with Gasteiger partial charge in [-0.15, -0.1) is 0 Å². The largest absolute Gasteiger partial charge is 0.198 e. The van der Waals surface area contributed by atoms with Gasteiger partial charge < -0.3 is 0 Å². The molecule has 1 atom stereocenters. The minimum Gasteiger partial charge on any atom is -0.198 e. The van der Waals surface area contributed by atoms with Crippen LogP contribution in [0.3, 0.4) is 0 Å². The summed E-state index contributed by atoms with van der Waals surface area (Å²) in [5, 5.41) is 9.26. The van der Waals surface area contributed by atoms with Crippen molar-refractivity contribution in [3.8, 4) is 6.07 Å². The Morgan fingerprint density at radius 1 is 1.33 bits per heavy atom. The molecule has 0 aromatic carbocycles. The van der Waals surface area contributed by atoms with E-state index in [1.165, 1.54) is 0 Å². The zero-order valence-electron chi connectivity index (χ0n) is 11.1. The fourth-order valence-corrected chi connectivity index (χ4v) is 1.43. The minimum atomic E-state index is 0.0623. The zero-order chi connectivity index (χ0) is 12.3. The molecule has 1 heteroatoms. The molecule has 0 amide bonds. The van der Waals surface area contributed by atoms with Crippen LogP contribution in [-0.2, 0) is 0 Å². The van der Waals surface area contributed by atoms with Crippen molar-refractivity contribution in [2.75, 3.05) is 0 Å². The lowest BCUT2D eigenvalue weighted by molar-refractivity contribution is 0.195. The highest BCUT2D eigenvalue weighted by Gasteiger charge is 2.33. The van der Waals surface area contributed by atoms with E-state index in [1.807, 2.05) is 6.92 Å². The molecule has 0 aromatic heterocycles. The van der Waals surface area contributed by atoms with Crippen LogP contribution in [0.4, 0.5) is 0 Å². The Hall–Kier alpha value is -0.770. The van der Waals surface area contributed by atoms with Gasteiger partial charge in [0.15, 0.2) is 0 Å². The van der Waals surface area contributed by atoms with Gasteiger partial charge in [0.1, 0.15) is 0 Å². The number of hydrogen-bond donors (Lipinski definition) is 0. The topological polar surface area (TPSA) is 23.8 Å². The maximum Gasteiger partial charge on any atom is 0.0661 e. The van der Waals surface area contributed by atoms with Crippen LogP contribution in [0.15, 0.2) is 12.2 Å². The second-order valence-corrected chi connectivity index (χ2v) is 5.89. The third kappa shape index (κ3) is 3.70. The van der Waals surface area contributed by atoms with Crippen LogP contribution >= 0.6 is 0 Å². The third-order valence-electron chi connectivity index (χ3n) is 3.88. The number of hydrogen-bond acceptors (Lipinski definition) is 1. The van der Waals surface area contributed by atoms with Gasteiger partial charge in [-0.05, 0) is 30.6 Å². The summed E-state index contributed by atoms with van der Waals surface area (Å²) >= 11 is 0. The van der Waals surface area contributed by atoms with E-state index in [4.69, 9.17) is 0 Å². The molecule has 0 saturated heterocycles. The summed E-state index contributed by atoms with van der Waals surface area (Å²) < 4.78 is 0. The van der Waals surface area contributed by atoms with Crippen molar-refractivity contribution >= 4 is 0 Å². The van der Waals surface area contributed by atoms with Gasteiger partial charge in [0.05, 0.1) is 12.0 Å². The first kappa shape index (κ1) is 14.2. The SMILES string of the molecule is C=C(C)C(C)(C)CC(C#N)C(C)(C)CC. The van der Waals surface area contributed by atoms with Crippen LogP contribution < -0.4 is 0 Å². The third-order valence-corrected chi connectivity index (χ3v) is 3.88. The number of nitrogens with zero attached hydrogens (tertiary/aromatic N) is 1. The van der Waals surface area contributed by atoms with Crippen molar-refractivity contribution in [3.63, 3.8) is 0 Å². The molecule has 0 aliphatic carbocycles. The highest BCUT2D eigenvalue weighted by atomic mass is 14.4. The van der Waals surface area contributed by atoms with Gasteiger partial charge in [0.2, 0.25) is 0 Å². The van der Waals surface area contributed by atoms with Gasteiger partial charge in [-0.1, -0.05) is 46.8 Å². The highest BCUT2D eigenvalue weighted by Crippen LogP contribution is 2.40. The van der Waals surface area contributed by atoms with Crippen LogP contribution in [0.25, 0.3) is 0 Å². The Morgan fingerprint density at radius 2 is 1.80 bits per heavy atom. The quantitative estimate of drug-likeness (QED) is 0.606. The molecule has 0 bridgehead atoms. The molecule has 0 aliphatic rings. The first-order chi connectivity index (χ1) is 6.67. The molecule has 86 valence electrons. The summed E-state index contributed by atoms with van der Waals surface area (Å²) in [7, 11) is 0. The molecular formula is C14H25N. The molecule has 15 heavy (non-hydrogen) atoms. The van der Waals surface area contributed by atoms with E-state index < -0.39 is 0 Å². The van der Waals surface area contributed by atoms with E-state index >= 15 is 0 Å². The fraction of sp³-hybridized carbons (Fsp3) is 0.786. The van der Waals surface area contributed by atoms with Gasteiger partial charge in [-0.2, -0.15) is 5.26 Å². The second kappa shape index (κ2) is 4.84. The molecular weight excluding hydrogens is 182 g/mol. The standard InChI is InChI=1S/C14H25N/c1-8-13(4,5)12(10-15)9-14(6,7)11(2)3/h12H,2,8-9H2,1,3-7H3. The highest BCUT2D eigenvalue weighted by molar-refractivity contribution is 5.07. The Bertz CT molecular complexity index is 266. The molecule has 0 rings (SSSR count). The maximum absolute atomic E-state index is 9.26. The summed E-state index contributed by atoms with van der Waals surface area (Å²) in [4.78, 5) is 0. The van der Waals surface area contributed by atoms with Crippen molar-refractivity contribution in [2.45, 2.75) is 54.4 Å². The predicted octanol–water partition coefficient (Wildman–Crippen LogP) is 4.55. The average molecular weight is 207 g/mol. The van der Waals surface area contributed by atoms with E-state index in [1.54, 1.807) is 0 Å². The van der Waals surface area contributed by atoms with Gasteiger partial charge in [-0.25, -0.2) is 0 Å². The van der Waals surface area contributed by atoms with Gasteiger partial charge in [-0.3, -0.25) is 0 Å². The molecule has 0 spiro atoms. The number of rotatable bonds is 5. The van der Waals surface area contributed by atoms with E-state index in [0.717, 1.165) is 18.4 Å². The molecule has 0 aliphatic heterocycles. The molecule has 0 aromatic rings. The smallest absolute Gasteiger partial charge is 0.0661 e. The first-order valence-electron chi connectivity index (χ1n) is 5.73. The molecule has 1 nitrogen and oxygen atoms in total. The summed E-state index contributed by atoms with van der Waals surface area (Å²) in [6.45, 7) is 16.9. The van der Waals surface area contributed by atoms with Crippen molar-refractivity contribution in [3.05, 3.63) is 12.2 Å². The molecule has 0 N–H and O–H groups in total. The number of allylic oxidation sites excluding steroid dienone is 1. The van der Waals surface area contributed by atoms with Crippen LogP contribution in [0.2, 0.25) is 0 Å². The lowest BCUT2D eigenvalue weighted by atomic mass is 9.68. The van der Waals surface area contributed by atoms with Gasteiger partial charge in [0, 0.05) is 0 Å². The predicted molar refractivity (Wildman–Crippen MR) is 66.4 cm³/mol. The summed E-state index contributed by atoms with van der Waals surface area (Å²) in [6.07, 6.45) is 1.94. The van der Waals surface area contributed by atoms with E-state index in [2.05, 4.69) is 47.3 Å². The minimum absolute atomic E-state index is 0.0623. The average Bonchev–Trinajstić information content (AvgIpc) is 2.13. The van der Waals surface area contributed by atoms with Crippen LogP contribution in [0, 0.1) is 28.1 Å². The van der Waals surface area contributed by atoms with E-state index in [0.29, 0.717) is 0 Å². The Balaban J connectivity index is 4.77. The Kier molecular flexibility index (Phi) is 4.59. The molecule has 0 fully saturated rings. The Labute approximate surface area is 95.2 Å². The first-order valence-corrected chi connectivity index (χ1v) is 5.73. The maximum atomic E-state index is 9.26. The molecule has 1 unspecified atom stereocenters. The van der Waals surface area contributed by atoms with Crippen LogP contribution in [-0.4, -0.2) is 0 Å². The summed E-state index contributed by atoms with van der Waals surface area (Å²) in [5.41, 5.74) is 1.32. The monoisotopic (exact) mass is 207 g/mol. The van der Waals surface area contributed by atoms with Crippen LogP contribution in [0.1, 0.15) is 54.4 Å². The fourth-order valence-electron chi connectivity index (χ4n) is 1.43. The van der Waals surface area contributed by atoms with Gasteiger partial charge in [0.25, 0.3) is 0 Å². The molecule has 0 radical (unpaired) electrons. The normalized spacial score (nSPS) is 14.5. The molecule has 0 heterocycles. The second-order valence-electron chi connectivity index (χ2n) is 5.89. The van der Waals surface area contributed by atoms with E-state index in [9.17, 15) is 5.26 Å². The van der Waals surface area contributed by atoms with E-state index in [-0.39, 0.29) is 16.7 Å². The number of nitriles is 1. The van der Waals surface area contributed by atoms with Gasteiger partial charge >= 0.3 is 0 Å². The van der Waals surface area contributed by atoms with Crippen molar-refractivity contribution in [1.82, 2.24) is 0 Å². The molecule has 0 saturated carbocycles. The zero-order valence-corrected chi connectivity index (χ0v) is 11.1.